The molecule has 0 aliphatic heterocycles. The van der Waals surface area contributed by atoms with Gasteiger partial charge in [-0.2, -0.15) is 0 Å². The molecule has 0 unspecified atom stereocenters. The van der Waals surface area contributed by atoms with Gasteiger partial charge in [-0.3, -0.25) is 4.79 Å². The maximum atomic E-state index is 11.7. The smallest absolute Gasteiger partial charge is 0.271 e. The van der Waals surface area contributed by atoms with E-state index in [0.29, 0.717) is 30.2 Å². The van der Waals surface area contributed by atoms with Crippen LogP contribution in [0.4, 0.5) is 0 Å². The van der Waals surface area contributed by atoms with Crippen molar-refractivity contribution < 1.29 is 9.32 Å². The van der Waals surface area contributed by atoms with Gasteiger partial charge in [0, 0.05) is 18.0 Å². The monoisotopic (exact) mass is 252 g/mol. The van der Waals surface area contributed by atoms with Gasteiger partial charge in [0.2, 0.25) is 0 Å². The number of aryl methyl sites for hydroxylation is 1. The Labute approximate surface area is 102 Å². The first-order valence-electron chi connectivity index (χ1n) is 5.04. The molecule has 2 rings (SSSR count). The maximum Gasteiger partial charge on any atom is 0.271 e. The maximum absolute atomic E-state index is 11.7. The van der Waals surface area contributed by atoms with Crippen LogP contribution in [-0.2, 0) is 13.1 Å². The van der Waals surface area contributed by atoms with E-state index in [2.05, 4.69) is 15.5 Å². The van der Waals surface area contributed by atoms with E-state index in [0.717, 1.165) is 5.01 Å². The molecule has 6 nitrogen and oxygen atoms in total. The van der Waals surface area contributed by atoms with Crippen LogP contribution in [0.15, 0.2) is 16.0 Å². The molecule has 2 aromatic rings. The van der Waals surface area contributed by atoms with Gasteiger partial charge in [-0.1, -0.05) is 5.16 Å². The molecule has 0 atom stereocenters. The number of nitrogens with two attached hydrogens (primary N) is 1. The summed E-state index contributed by atoms with van der Waals surface area (Å²) in [7, 11) is 0. The number of hydrogen-bond acceptors (Lipinski definition) is 6. The van der Waals surface area contributed by atoms with Gasteiger partial charge in [-0.15, -0.1) is 11.3 Å². The molecular formula is C10H12N4O2S. The molecule has 0 aliphatic rings. The number of carbonyl (C=O) groups excluding carboxylic acids is 1. The first-order chi connectivity index (χ1) is 8.19. The number of carbonyl (C=O) groups is 1. The normalized spacial score (nSPS) is 10.5. The standard InChI is InChI=1S/C10H12N4O2S/c1-6-2-7(14-16-6)4-12-10(15)8-5-17-9(3-11)13-8/h2,5H,3-4,11H2,1H3,(H,12,15). The average molecular weight is 252 g/mol. The van der Waals surface area contributed by atoms with Crippen LogP contribution in [0.2, 0.25) is 0 Å². The second-order valence-corrected chi connectivity index (χ2v) is 4.38. The lowest BCUT2D eigenvalue weighted by Crippen LogP contribution is -2.23. The van der Waals surface area contributed by atoms with E-state index in [-0.39, 0.29) is 5.91 Å². The zero-order valence-electron chi connectivity index (χ0n) is 9.27. The summed E-state index contributed by atoms with van der Waals surface area (Å²) in [5, 5.41) is 8.91. The van der Waals surface area contributed by atoms with Crippen molar-refractivity contribution in [3.8, 4) is 0 Å². The number of hydrogen-bond donors (Lipinski definition) is 2. The van der Waals surface area contributed by atoms with E-state index < -0.39 is 0 Å². The zero-order valence-corrected chi connectivity index (χ0v) is 10.1. The molecule has 0 bridgehead atoms. The Morgan fingerprint density at radius 1 is 1.65 bits per heavy atom. The fraction of sp³-hybridized carbons (Fsp3) is 0.300. The molecule has 0 aromatic carbocycles. The van der Waals surface area contributed by atoms with Gasteiger partial charge in [0.25, 0.3) is 5.91 Å². The van der Waals surface area contributed by atoms with Crippen molar-refractivity contribution in [1.29, 1.82) is 0 Å². The van der Waals surface area contributed by atoms with Gasteiger partial charge in [-0.25, -0.2) is 4.98 Å². The van der Waals surface area contributed by atoms with Crippen LogP contribution in [-0.4, -0.2) is 16.0 Å². The van der Waals surface area contributed by atoms with E-state index in [9.17, 15) is 4.79 Å². The quantitative estimate of drug-likeness (QED) is 0.840. The summed E-state index contributed by atoms with van der Waals surface area (Å²) < 4.78 is 4.89. The highest BCUT2D eigenvalue weighted by Crippen LogP contribution is 2.09. The van der Waals surface area contributed by atoms with Crippen LogP contribution in [0.5, 0.6) is 0 Å². The molecule has 1 amide bonds. The van der Waals surface area contributed by atoms with E-state index >= 15 is 0 Å². The van der Waals surface area contributed by atoms with Crippen LogP contribution in [0.1, 0.15) is 27.0 Å². The number of aromatic nitrogens is 2. The predicted octanol–water partition coefficient (Wildman–Crippen LogP) is 0.828. The topological polar surface area (TPSA) is 94.0 Å². The molecule has 2 heterocycles. The Bertz CT molecular complexity index is 520. The van der Waals surface area contributed by atoms with Gasteiger partial charge in [0.15, 0.2) is 0 Å². The van der Waals surface area contributed by atoms with Crippen LogP contribution < -0.4 is 11.1 Å². The number of nitrogens with one attached hydrogen (secondary N) is 1. The first kappa shape index (κ1) is 11.7. The zero-order chi connectivity index (χ0) is 12.3. The van der Waals surface area contributed by atoms with E-state index in [4.69, 9.17) is 10.3 Å². The molecule has 2 aromatic heterocycles. The number of nitrogens with zero attached hydrogens (tertiary/aromatic N) is 2. The molecule has 0 saturated carbocycles. The molecule has 90 valence electrons. The summed E-state index contributed by atoms with van der Waals surface area (Å²) in [5.74, 6) is 0.481. The van der Waals surface area contributed by atoms with Crippen molar-refractivity contribution >= 4 is 17.2 Å². The van der Waals surface area contributed by atoms with Crippen molar-refractivity contribution in [3.63, 3.8) is 0 Å². The minimum absolute atomic E-state index is 0.235. The minimum Gasteiger partial charge on any atom is -0.361 e. The number of amides is 1. The third kappa shape index (κ3) is 2.89. The van der Waals surface area contributed by atoms with E-state index in [1.807, 2.05) is 0 Å². The van der Waals surface area contributed by atoms with Crippen molar-refractivity contribution in [1.82, 2.24) is 15.5 Å². The summed E-state index contributed by atoms with van der Waals surface area (Å²) in [6, 6.07) is 1.77. The Balaban J connectivity index is 1.93. The summed E-state index contributed by atoms with van der Waals surface area (Å²) in [6.07, 6.45) is 0. The molecule has 0 spiro atoms. The lowest BCUT2D eigenvalue weighted by atomic mass is 10.3. The van der Waals surface area contributed by atoms with Crippen LogP contribution >= 0.6 is 11.3 Å². The lowest BCUT2D eigenvalue weighted by molar-refractivity contribution is 0.0945. The van der Waals surface area contributed by atoms with Crippen LogP contribution in [0.25, 0.3) is 0 Å². The highest BCUT2D eigenvalue weighted by atomic mass is 32.1. The fourth-order valence-corrected chi connectivity index (χ4v) is 1.93. The Morgan fingerprint density at radius 3 is 3.06 bits per heavy atom. The Kier molecular flexibility index (Phi) is 3.50. The highest BCUT2D eigenvalue weighted by molar-refractivity contribution is 7.09. The summed E-state index contributed by atoms with van der Waals surface area (Å²) in [6.45, 7) is 2.47. The third-order valence-corrected chi connectivity index (χ3v) is 2.94. The molecule has 0 aliphatic carbocycles. The molecule has 0 fully saturated rings. The van der Waals surface area contributed by atoms with Crippen molar-refractivity contribution in [2.75, 3.05) is 0 Å². The summed E-state index contributed by atoms with van der Waals surface area (Å²) in [5.41, 5.74) is 6.50. The predicted molar refractivity (Wildman–Crippen MR) is 62.4 cm³/mol. The average Bonchev–Trinajstić information content (AvgIpc) is 2.94. The molecule has 0 saturated heterocycles. The van der Waals surface area contributed by atoms with Crippen molar-refractivity contribution in [2.45, 2.75) is 20.0 Å². The Hall–Kier alpha value is -1.73. The van der Waals surface area contributed by atoms with Crippen LogP contribution in [0.3, 0.4) is 0 Å². The molecule has 17 heavy (non-hydrogen) atoms. The second-order valence-electron chi connectivity index (χ2n) is 3.44. The van der Waals surface area contributed by atoms with Crippen molar-refractivity contribution in [2.24, 2.45) is 5.73 Å². The molecule has 3 N–H and O–H groups in total. The third-order valence-electron chi connectivity index (χ3n) is 2.07. The van der Waals surface area contributed by atoms with E-state index in [1.54, 1.807) is 18.4 Å². The SMILES string of the molecule is Cc1cc(CNC(=O)c2csc(CN)n2)no1. The highest BCUT2D eigenvalue weighted by Gasteiger charge is 2.10. The van der Waals surface area contributed by atoms with Gasteiger partial charge in [0.05, 0.1) is 6.54 Å². The largest absolute Gasteiger partial charge is 0.361 e. The lowest BCUT2D eigenvalue weighted by Gasteiger charge is -1.98. The Morgan fingerprint density at radius 2 is 2.47 bits per heavy atom. The van der Waals surface area contributed by atoms with Gasteiger partial charge in [0.1, 0.15) is 22.2 Å². The molecule has 7 heteroatoms. The van der Waals surface area contributed by atoms with Crippen molar-refractivity contribution in [3.05, 3.63) is 33.6 Å². The number of thiazole rings is 1. The second kappa shape index (κ2) is 5.07. The first-order valence-corrected chi connectivity index (χ1v) is 5.92. The summed E-state index contributed by atoms with van der Waals surface area (Å²) in [4.78, 5) is 15.8. The fourth-order valence-electron chi connectivity index (χ4n) is 1.27. The van der Waals surface area contributed by atoms with E-state index in [1.165, 1.54) is 11.3 Å². The number of rotatable bonds is 4. The summed E-state index contributed by atoms with van der Waals surface area (Å²) >= 11 is 1.37. The van der Waals surface area contributed by atoms with Gasteiger partial charge < -0.3 is 15.6 Å². The minimum atomic E-state index is -0.235. The molecule has 0 radical (unpaired) electrons. The molecular weight excluding hydrogens is 240 g/mol. The van der Waals surface area contributed by atoms with Crippen LogP contribution in [0, 0.1) is 6.92 Å². The van der Waals surface area contributed by atoms with Gasteiger partial charge in [-0.05, 0) is 6.92 Å². The van der Waals surface area contributed by atoms with Gasteiger partial charge >= 0.3 is 0 Å².